The molecule has 2 aromatic rings. The fourth-order valence-electron chi connectivity index (χ4n) is 1.73. The molecule has 92 valence electrons. The topological polar surface area (TPSA) is 29.1 Å². The molecule has 1 atom stereocenters. The van der Waals surface area contributed by atoms with E-state index in [1.54, 1.807) is 0 Å². The first-order valence-electron chi connectivity index (χ1n) is 5.78. The van der Waals surface area contributed by atoms with E-state index in [1.807, 2.05) is 61.5 Å². The zero-order valence-corrected chi connectivity index (χ0v) is 11.6. The zero-order chi connectivity index (χ0) is 13.0. The molecule has 2 aromatic carbocycles. The number of halogens is 1. The van der Waals surface area contributed by atoms with E-state index in [-0.39, 0.29) is 11.9 Å². The summed E-state index contributed by atoms with van der Waals surface area (Å²) in [6.07, 6.45) is 0. The van der Waals surface area contributed by atoms with Crippen molar-refractivity contribution in [1.29, 1.82) is 0 Å². The van der Waals surface area contributed by atoms with E-state index >= 15 is 0 Å². The fraction of sp³-hybridized carbons (Fsp3) is 0.133. The molecule has 0 saturated heterocycles. The highest BCUT2D eigenvalue weighted by Gasteiger charge is 2.10. The molecule has 0 aromatic heterocycles. The van der Waals surface area contributed by atoms with E-state index < -0.39 is 0 Å². The molecular formula is C15H14BrNO. The number of hydrogen-bond donors (Lipinski definition) is 1. The second kappa shape index (κ2) is 5.83. The van der Waals surface area contributed by atoms with Crippen LogP contribution in [0.3, 0.4) is 0 Å². The molecule has 0 aliphatic carbocycles. The molecule has 1 amide bonds. The number of benzene rings is 2. The summed E-state index contributed by atoms with van der Waals surface area (Å²) in [5, 5.41) is 2.98. The van der Waals surface area contributed by atoms with Crippen molar-refractivity contribution in [3.8, 4) is 0 Å². The summed E-state index contributed by atoms with van der Waals surface area (Å²) in [5.41, 5.74) is 1.76. The first-order chi connectivity index (χ1) is 8.66. The molecular weight excluding hydrogens is 290 g/mol. The molecule has 0 fully saturated rings. The minimum atomic E-state index is -0.0527. The molecule has 3 heteroatoms. The van der Waals surface area contributed by atoms with E-state index in [9.17, 15) is 4.79 Å². The lowest BCUT2D eigenvalue weighted by Gasteiger charge is -2.14. The Bertz CT molecular complexity index is 539. The largest absolute Gasteiger partial charge is 0.346 e. The SMILES string of the molecule is C[C@@H](NC(=O)c1ccccc1)c1cccc(Br)c1. The molecule has 0 aliphatic heterocycles. The second-order valence-corrected chi connectivity index (χ2v) is 5.03. The van der Waals surface area contributed by atoms with Crippen LogP contribution in [0.25, 0.3) is 0 Å². The average Bonchev–Trinajstić information content (AvgIpc) is 2.39. The van der Waals surface area contributed by atoms with Gasteiger partial charge in [0.05, 0.1) is 6.04 Å². The minimum Gasteiger partial charge on any atom is -0.346 e. The minimum absolute atomic E-state index is 0.0183. The van der Waals surface area contributed by atoms with Crippen molar-refractivity contribution in [2.75, 3.05) is 0 Å². The summed E-state index contributed by atoms with van der Waals surface area (Å²) >= 11 is 3.43. The molecule has 0 saturated carbocycles. The number of rotatable bonds is 3. The molecule has 0 radical (unpaired) electrons. The van der Waals surface area contributed by atoms with E-state index in [1.165, 1.54) is 0 Å². The van der Waals surface area contributed by atoms with Crippen LogP contribution in [0.15, 0.2) is 59.1 Å². The van der Waals surface area contributed by atoms with Gasteiger partial charge >= 0.3 is 0 Å². The Morgan fingerprint density at radius 1 is 1.11 bits per heavy atom. The summed E-state index contributed by atoms with van der Waals surface area (Å²) in [7, 11) is 0. The highest BCUT2D eigenvalue weighted by molar-refractivity contribution is 9.10. The van der Waals surface area contributed by atoms with Crippen LogP contribution in [0.1, 0.15) is 28.9 Å². The van der Waals surface area contributed by atoms with Gasteiger partial charge in [-0.05, 0) is 36.8 Å². The first kappa shape index (κ1) is 12.8. The van der Waals surface area contributed by atoms with Gasteiger partial charge in [0.15, 0.2) is 0 Å². The van der Waals surface area contributed by atoms with E-state index in [0.717, 1.165) is 10.0 Å². The van der Waals surface area contributed by atoms with Crippen LogP contribution in [0.2, 0.25) is 0 Å². The first-order valence-corrected chi connectivity index (χ1v) is 6.57. The van der Waals surface area contributed by atoms with Crippen LogP contribution in [0, 0.1) is 0 Å². The predicted octanol–water partition coefficient (Wildman–Crippen LogP) is 3.94. The molecule has 2 nitrogen and oxygen atoms in total. The number of amides is 1. The highest BCUT2D eigenvalue weighted by atomic mass is 79.9. The van der Waals surface area contributed by atoms with E-state index in [0.29, 0.717) is 5.56 Å². The van der Waals surface area contributed by atoms with Crippen LogP contribution in [-0.2, 0) is 0 Å². The summed E-state index contributed by atoms with van der Waals surface area (Å²) < 4.78 is 1.01. The summed E-state index contributed by atoms with van der Waals surface area (Å²) in [6, 6.07) is 17.2. The second-order valence-electron chi connectivity index (χ2n) is 4.12. The third-order valence-corrected chi connectivity index (χ3v) is 3.23. The van der Waals surface area contributed by atoms with Crippen molar-refractivity contribution >= 4 is 21.8 Å². The van der Waals surface area contributed by atoms with Crippen molar-refractivity contribution in [3.63, 3.8) is 0 Å². The lowest BCUT2D eigenvalue weighted by Crippen LogP contribution is -2.26. The molecule has 0 aliphatic rings. The Balaban J connectivity index is 2.08. The fourth-order valence-corrected chi connectivity index (χ4v) is 2.15. The molecule has 0 bridgehead atoms. The third-order valence-electron chi connectivity index (χ3n) is 2.73. The Morgan fingerprint density at radius 2 is 1.83 bits per heavy atom. The maximum absolute atomic E-state index is 12.0. The molecule has 0 heterocycles. The van der Waals surface area contributed by atoms with Crippen LogP contribution in [0.4, 0.5) is 0 Å². The smallest absolute Gasteiger partial charge is 0.251 e. The van der Waals surface area contributed by atoms with Crippen molar-refractivity contribution in [1.82, 2.24) is 5.32 Å². The predicted molar refractivity (Wildman–Crippen MR) is 76.5 cm³/mol. The number of carbonyl (C=O) groups excluding carboxylic acids is 1. The van der Waals surface area contributed by atoms with Gasteiger partial charge < -0.3 is 5.32 Å². The van der Waals surface area contributed by atoms with Gasteiger partial charge in [-0.3, -0.25) is 4.79 Å². The Morgan fingerprint density at radius 3 is 2.50 bits per heavy atom. The Hall–Kier alpha value is -1.61. The van der Waals surface area contributed by atoms with Gasteiger partial charge in [-0.25, -0.2) is 0 Å². The lowest BCUT2D eigenvalue weighted by molar-refractivity contribution is 0.0940. The van der Waals surface area contributed by atoms with Crippen LogP contribution in [0.5, 0.6) is 0 Å². The van der Waals surface area contributed by atoms with Crippen molar-refractivity contribution in [2.45, 2.75) is 13.0 Å². The molecule has 1 N–H and O–H groups in total. The van der Waals surface area contributed by atoms with Gasteiger partial charge in [0.2, 0.25) is 0 Å². The van der Waals surface area contributed by atoms with Gasteiger partial charge in [0, 0.05) is 10.0 Å². The Kier molecular flexibility index (Phi) is 4.15. The molecule has 0 unspecified atom stereocenters. The maximum Gasteiger partial charge on any atom is 0.251 e. The molecule has 0 spiro atoms. The third kappa shape index (κ3) is 3.20. The van der Waals surface area contributed by atoms with Gasteiger partial charge in [0.1, 0.15) is 0 Å². The summed E-state index contributed by atoms with van der Waals surface area (Å²) in [4.78, 5) is 12.0. The lowest BCUT2D eigenvalue weighted by atomic mass is 10.1. The normalized spacial score (nSPS) is 11.9. The summed E-state index contributed by atoms with van der Waals surface area (Å²) in [6.45, 7) is 1.97. The van der Waals surface area contributed by atoms with E-state index in [4.69, 9.17) is 0 Å². The van der Waals surface area contributed by atoms with Gasteiger partial charge in [-0.1, -0.05) is 46.3 Å². The highest BCUT2D eigenvalue weighted by Crippen LogP contribution is 2.18. The number of hydrogen-bond acceptors (Lipinski definition) is 1. The maximum atomic E-state index is 12.0. The summed E-state index contributed by atoms with van der Waals surface area (Å²) in [5.74, 6) is -0.0527. The number of carbonyl (C=O) groups is 1. The van der Waals surface area contributed by atoms with Gasteiger partial charge in [-0.2, -0.15) is 0 Å². The van der Waals surface area contributed by atoms with Crippen LogP contribution < -0.4 is 5.32 Å². The number of nitrogens with one attached hydrogen (secondary N) is 1. The van der Waals surface area contributed by atoms with Crippen LogP contribution in [-0.4, -0.2) is 5.91 Å². The van der Waals surface area contributed by atoms with E-state index in [2.05, 4.69) is 21.2 Å². The van der Waals surface area contributed by atoms with Crippen molar-refractivity contribution in [3.05, 3.63) is 70.2 Å². The Labute approximate surface area is 115 Å². The standard InChI is InChI=1S/C15H14BrNO/c1-11(13-8-5-9-14(16)10-13)17-15(18)12-6-3-2-4-7-12/h2-11H,1H3,(H,17,18)/t11-/m1/s1. The van der Waals surface area contributed by atoms with Crippen molar-refractivity contribution in [2.24, 2.45) is 0 Å². The quantitative estimate of drug-likeness (QED) is 0.914. The zero-order valence-electron chi connectivity index (χ0n) is 10.1. The van der Waals surface area contributed by atoms with Gasteiger partial charge in [-0.15, -0.1) is 0 Å². The molecule has 2 rings (SSSR count). The van der Waals surface area contributed by atoms with Crippen LogP contribution >= 0.6 is 15.9 Å². The van der Waals surface area contributed by atoms with Crippen molar-refractivity contribution < 1.29 is 4.79 Å². The average molecular weight is 304 g/mol. The van der Waals surface area contributed by atoms with Gasteiger partial charge in [0.25, 0.3) is 5.91 Å². The monoisotopic (exact) mass is 303 g/mol. The molecule has 18 heavy (non-hydrogen) atoms.